The fourth-order valence-electron chi connectivity index (χ4n) is 6.90. The maximum absolute atomic E-state index is 12.1. The van der Waals surface area contributed by atoms with E-state index in [4.69, 9.17) is 14.0 Å². The molecule has 1 atom stereocenters. The number of benzene rings is 2. The average Bonchev–Trinajstić information content (AvgIpc) is 3.99. The molecule has 0 radical (unpaired) electrons. The maximum Gasteiger partial charge on any atom is 0.162 e. The fourth-order valence-corrected chi connectivity index (χ4v) is 6.90. The molecule has 1 unspecified atom stereocenters. The van der Waals surface area contributed by atoms with Gasteiger partial charge in [0.1, 0.15) is 28.8 Å². The van der Waals surface area contributed by atoms with Crippen LogP contribution in [0, 0.1) is 27.7 Å². The molecule has 254 valence electrons. The first-order valence-corrected chi connectivity index (χ1v) is 17.1. The molecule has 2 saturated carbocycles. The third-order valence-electron chi connectivity index (χ3n) is 9.91. The number of pyridine rings is 1. The first-order chi connectivity index (χ1) is 24.0. The number of H-pyrrole nitrogens is 2. The molecule has 5 heterocycles. The number of aromatic amines is 2. The molecular formula is C39H39N7O4. The normalized spacial score (nSPS) is 15.7. The van der Waals surface area contributed by atoms with Crippen molar-refractivity contribution in [3.05, 3.63) is 100 Å². The van der Waals surface area contributed by atoms with E-state index < -0.39 is 5.60 Å². The van der Waals surface area contributed by atoms with Crippen LogP contribution in [0.5, 0.6) is 0 Å². The number of nitrogens with one attached hydrogen (secondary N) is 2. The van der Waals surface area contributed by atoms with Gasteiger partial charge in [0.15, 0.2) is 5.78 Å². The number of rotatable bonds is 7. The number of aromatic nitrogens is 7. The van der Waals surface area contributed by atoms with Gasteiger partial charge in [0.2, 0.25) is 0 Å². The van der Waals surface area contributed by atoms with Gasteiger partial charge in [0.05, 0.1) is 33.5 Å². The number of ketones is 1. The Kier molecular flexibility index (Phi) is 7.56. The van der Waals surface area contributed by atoms with Crippen LogP contribution in [0.3, 0.4) is 0 Å². The zero-order valence-corrected chi connectivity index (χ0v) is 29.0. The van der Waals surface area contributed by atoms with Crippen LogP contribution in [-0.4, -0.2) is 46.1 Å². The van der Waals surface area contributed by atoms with E-state index in [9.17, 15) is 9.90 Å². The number of Topliss-reactive ketones (excluding diaryl/α,β-unsaturated/α-hetero) is 1. The van der Waals surface area contributed by atoms with E-state index in [1.807, 2.05) is 58.0 Å². The number of fused-ring (bicyclic) bond motifs is 2. The van der Waals surface area contributed by atoms with Crippen molar-refractivity contribution in [1.29, 1.82) is 0 Å². The molecule has 9 rings (SSSR count). The van der Waals surface area contributed by atoms with Crippen LogP contribution in [-0.2, 0) is 5.60 Å². The largest absolute Gasteiger partial charge is 0.381 e. The van der Waals surface area contributed by atoms with E-state index in [-0.39, 0.29) is 5.78 Å². The second-order valence-electron chi connectivity index (χ2n) is 13.9. The van der Waals surface area contributed by atoms with Gasteiger partial charge < -0.3 is 24.1 Å². The zero-order chi connectivity index (χ0) is 34.9. The Balaban J connectivity index is 0.000000149. The Morgan fingerprint density at radius 2 is 1.36 bits per heavy atom. The summed E-state index contributed by atoms with van der Waals surface area (Å²) in [5, 5.41) is 19.6. The second kappa shape index (κ2) is 11.9. The minimum Gasteiger partial charge on any atom is -0.381 e. The molecule has 0 saturated heterocycles. The van der Waals surface area contributed by atoms with Gasteiger partial charge in [0, 0.05) is 52.0 Å². The lowest BCUT2D eigenvalue weighted by molar-refractivity contribution is 0.101. The summed E-state index contributed by atoms with van der Waals surface area (Å²) >= 11 is 0. The summed E-state index contributed by atoms with van der Waals surface area (Å²) in [6.07, 6.45) is 8.06. The van der Waals surface area contributed by atoms with Crippen molar-refractivity contribution in [2.24, 2.45) is 0 Å². The second-order valence-corrected chi connectivity index (χ2v) is 13.9. The van der Waals surface area contributed by atoms with Crippen LogP contribution in [0.4, 0.5) is 0 Å². The molecule has 5 aromatic heterocycles. The third-order valence-corrected chi connectivity index (χ3v) is 9.91. The smallest absolute Gasteiger partial charge is 0.162 e. The van der Waals surface area contributed by atoms with E-state index in [0.717, 1.165) is 103 Å². The minimum atomic E-state index is -1.24. The van der Waals surface area contributed by atoms with Crippen molar-refractivity contribution in [2.45, 2.75) is 84.7 Å². The van der Waals surface area contributed by atoms with E-state index in [1.165, 1.54) is 12.8 Å². The minimum absolute atomic E-state index is 0.0208. The highest BCUT2D eigenvalue weighted by Crippen LogP contribution is 2.43. The third kappa shape index (κ3) is 5.61. The first-order valence-electron chi connectivity index (χ1n) is 17.1. The lowest BCUT2D eigenvalue weighted by Crippen LogP contribution is -2.23. The summed E-state index contributed by atoms with van der Waals surface area (Å²) in [5.41, 5.74) is 9.72. The Bertz CT molecular complexity index is 2370. The molecule has 50 heavy (non-hydrogen) atoms. The van der Waals surface area contributed by atoms with Crippen LogP contribution < -0.4 is 0 Å². The summed E-state index contributed by atoms with van der Waals surface area (Å²) in [6.45, 7) is 11.0. The van der Waals surface area contributed by atoms with Crippen LogP contribution in [0.1, 0.15) is 107 Å². The number of hydrogen-bond donors (Lipinski definition) is 3. The molecule has 7 aromatic rings. The van der Waals surface area contributed by atoms with Gasteiger partial charge >= 0.3 is 0 Å². The number of aryl methyl sites for hydroxylation is 4. The SMILES string of the molecule is CC(=O)c1cc(-c2c(C)noc2C)cc2[nH]c(C3CC3)nc12.Cc1noc(C)c1-c1cc(C(C)(O)c2cccnc2)c2nc(C3CC3)[nH]c2c1. The predicted octanol–water partition coefficient (Wildman–Crippen LogP) is 8.28. The van der Waals surface area contributed by atoms with E-state index in [0.29, 0.717) is 17.4 Å². The molecule has 0 aliphatic heterocycles. The van der Waals surface area contributed by atoms with Crippen LogP contribution >= 0.6 is 0 Å². The molecule has 3 N–H and O–H groups in total. The standard InChI is InChI=1S/C22H22N4O2.C17H17N3O2/c1-12-19(13(2)28-26-12)15-9-17(22(3,27)16-5-4-8-23-11-16)20-18(10-15)24-21(25-20)14-6-7-14;1-8-15(10(3)22-20-8)12-6-13(9(2)21)16-14(7-12)18-17(19-16)11-4-5-11/h4-5,8-11,14,27H,6-7H2,1-3H3,(H,24,25);6-7,11H,4-5H2,1-3H3,(H,18,19). The Labute approximate surface area is 288 Å². The zero-order valence-electron chi connectivity index (χ0n) is 29.0. The number of carbonyl (C=O) groups excluding carboxylic acids is 1. The highest BCUT2D eigenvalue weighted by Gasteiger charge is 2.33. The number of carbonyl (C=O) groups is 1. The topological polar surface area (TPSA) is 160 Å². The summed E-state index contributed by atoms with van der Waals surface area (Å²) in [6, 6.07) is 11.7. The number of aliphatic hydroxyl groups is 1. The quantitative estimate of drug-likeness (QED) is 0.142. The molecule has 2 aliphatic rings. The van der Waals surface area contributed by atoms with Crippen molar-refractivity contribution in [3.8, 4) is 22.3 Å². The number of imidazole rings is 2. The van der Waals surface area contributed by atoms with E-state index >= 15 is 0 Å². The molecule has 11 nitrogen and oxygen atoms in total. The summed E-state index contributed by atoms with van der Waals surface area (Å²) < 4.78 is 10.6. The van der Waals surface area contributed by atoms with Gasteiger partial charge in [-0.1, -0.05) is 16.4 Å². The first kappa shape index (κ1) is 31.8. The summed E-state index contributed by atoms with van der Waals surface area (Å²) in [5.74, 6) is 4.54. The summed E-state index contributed by atoms with van der Waals surface area (Å²) in [4.78, 5) is 32.6. The van der Waals surface area contributed by atoms with Crippen molar-refractivity contribution in [1.82, 2.24) is 35.2 Å². The number of hydrogen-bond acceptors (Lipinski definition) is 9. The molecular weight excluding hydrogens is 630 g/mol. The Hall–Kier alpha value is -5.42. The molecule has 0 bridgehead atoms. The van der Waals surface area contributed by atoms with Gasteiger partial charge in [0.25, 0.3) is 0 Å². The van der Waals surface area contributed by atoms with Crippen LogP contribution in [0.25, 0.3) is 44.3 Å². The fraction of sp³-hybridized carbons (Fsp3) is 0.333. The molecule has 2 fully saturated rings. The predicted molar refractivity (Wildman–Crippen MR) is 189 cm³/mol. The lowest BCUT2D eigenvalue weighted by Gasteiger charge is -2.25. The van der Waals surface area contributed by atoms with Gasteiger partial charge in [-0.05, 0) is 109 Å². The van der Waals surface area contributed by atoms with Gasteiger partial charge in [-0.25, -0.2) is 9.97 Å². The van der Waals surface area contributed by atoms with Crippen molar-refractivity contribution in [3.63, 3.8) is 0 Å². The molecule has 0 amide bonds. The number of nitrogens with zero attached hydrogens (tertiary/aromatic N) is 5. The Morgan fingerprint density at radius 3 is 1.84 bits per heavy atom. The van der Waals surface area contributed by atoms with Crippen LogP contribution in [0.2, 0.25) is 0 Å². The molecule has 2 aliphatic carbocycles. The Morgan fingerprint density at radius 1 is 0.820 bits per heavy atom. The van der Waals surface area contributed by atoms with Gasteiger partial charge in [-0.3, -0.25) is 9.78 Å². The molecule has 0 spiro atoms. The monoisotopic (exact) mass is 669 g/mol. The van der Waals surface area contributed by atoms with Crippen molar-refractivity contribution < 1.29 is 18.9 Å². The van der Waals surface area contributed by atoms with Crippen molar-refractivity contribution in [2.75, 3.05) is 0 Å². The molecule has 11 heteroatoms. The molecule has 2 aromatic carbocycles. The maximum atomic E-state index is 12.1. The van der Waals surface area contributed by atoms with E-state index in [1.54, 1.807) is 26.2 Å². The summed E-state index contributed by atoms with van der Waals surface area (Å²) in [7, 11) is 0. The van der Waals surface area contributed by atoms with E-state index in [2.05, 4.69) is 36.3 Å². The van der Waals surface area contributed by atoms with Gasteiger partial charge in [-0.15, -0.1) is 0 Å². The highest BCUT2D eigenvalue weighted by atomic mass is 16.5. The van der Waals surface area contributed by atoms with Crippen LogP contribution in [0.15, 0.2) is 57.8 Å². The lowest BCUT2D eigenvalue weighted by atomic mass is 9.86. The highest BCUT2D eigenvalue weighted by molar-refractivity contribution is 6.06. The average molecular weight is 670 g/mol. The van der Waals surface area contributed by atoms with Crippen molar-refractivity contribution >= 4 is 27.9 Å². The van der Waals surface area contributed by atoms with Gasteiger partial charge in [-0.2, -0.15) is 0 Å².